The molecule has 0 heterocycles. The van der Waals surface area contributed by atoms with E-state index in [9.17, 15) is 18.3 Å². The van der Waals surface area contributed by atoms with Gasteiger partial charge in [0.25, 0.3) is 0 Å². The topological polar surface area (TPSA) is 92.7 Å². The molecule has 0 fully saturated rings. The van der Waals surface area contributed by atoms with Gasteiger partial charge in [-0.05, 0) is 34.1 Å². The zero-order chi connectivity index (χ0) is 14.6. The molecule has 0 aromatic heterocycles. The zero-order valence-corrected chi connectivity index (χ0v) is 13.7. The minimum atomic E-state index is -3.84. The number of benzene rings is 1. The van der Waals surface area contributed by atoms with E-state index in [1.807, 2.05) is 0 Å². The second kappa shape index (κ2) is 6.80. The van der Waals surface area contributed by atoms with Gasteiger partial charge >= 0.3 is 5.97 Å². The Morgan fingerprint density at radius 2 is 2.11 bits per heavy atom. The number of aliphatic hydroxyl groups is 1. The maximum Gasteiger partial charge on any atom is 0.336 e. The van der Waals surface area contributed by atoms with Crippen LogP contribution in [0.3, 0.4) is 0 Å². The van der Waals surface area contributed by atoms with Gasteiger partial charge in [-0.3, -0.25) is 0 Å². The van der Waals surface area contributed by atoms with E-state index in [4.69, 9.17) is 0 Å². The number of methoxy groups -OCH3 is 1. The number of halogens is 2. The van der Waals surface area contributed by atoms with Crippen molar-refractivity contribution in [1.29, 1.82) is 0 Å². The molecule has 0 aliphatic rings. The van der Waals surface area contributed by atoms with Gasteiger partial charge in [0.2, 0.25) is 10.0 Å². The Hall–Kier alpha value is -0.480. The lowest BCUT2D eigenvalue weighted by Gasteiger charge is -2.11. The largest absolute Gasteiger partial charge is 0.467 e. The van der Waals surface area contributed by atoms with Crippen LogP contribution in [0.15, 0.2) is 32.0 Å². The molecule has 1 unspecified atom stereocenters. The molecule has 6 nitrogen and oxygen atoms in total. The Balaban J connectivity index is 2.87. The maximum absolute atomic E-state index is 12.0. The van der Waals surface area contributed by atoms with Gasteiger partial charge < -0.3 is 9.84 Å². The summed E-state index contributed by atoms with van der Waals surface area (Å²) in [6.45, 7) is -0.464. The quantitative estimate of drug-likeness (QED) is 0.699. The predicted octanol–water partition coefficient (Wildman–Crippen LogP) is 1.02. The van der Waals surface area contributed by atoms with Crippen LogP contribution in [0.1, 0.15) is 0 Å². The molecule has 106 valence electrons. The maximum atomic E-state index is 12.0. The first-order valence-electron chi connectivity index (χ1n) is 4.98. The summed E-state index contributed by atoms with van der Waals surface area (Å²) in [5, 5.41) is 9.33. The minimum absolute atomic E-state index is 0.000981. The van der Waals surface area contributed by atoms with Crippen molar-refractivity contribution >= 4 is 47.9 Å². The van der Waals surface area contributed by atoms with Crippen molar-refractivity contribution in [3.05, 3.63) is 27.1 Å². The molecule has 1 aromatic rings. The number of sulfonamides is 1. The van der Waals surface area contributed by atoms with Crippen LogP contribution in [0.5, 0.6) is 0 Å². The third kappa shape index (κ3) is 4.53. The number of ether oxygens (including phenoxy) is 1. The first-order chi connectivity index (χ1) is 8.77. The summed E-state index contributed by atoms with van der Waals surface area (Å²) in [5.74, 6) is -0.906. The van der Waals surface area contributed by atoms with Crippen molar-refractivity contribution in [1.82, 2.24) is 4.72 Å². The second-order valence-corrected chi connectivity index (χ2v) is 6.97. The molecule has 0 bridgehead atoms. The zero-order valence-electron chi connectivity index (χ0n) is 9.76. The molecule has 9 heteroatoms. The van der Waals surface area contributed by atoms with Gasteiger partial charge in [0, 0.05) is 15.5 Å². The van der Waals surface area contributed by atoms with Crippen LogP contribution in [0, 0.1) is 0 Å². The fraction of sp³-hybridized carbons (Fsp3) is 0.300. The summed E-state index contributed by atoms with van der Waals surface area (Å²) in [6.07, 6.45) is -1.55. The highest BCUT2D eigenvalue weighted by molar-refractivity contribution is 9.11. The predicted molar refractivity (Wildman–Crippen MR) is 75.1 cm³/mol. The molecule has 0 saturated heterocycles. The average molecular weight is 417 g/mol. The summed E-state index contributed by atoms with van der Waals surface area (Å²) in [4.78, 5) is 11.0. The molecule has 19 heavy (non-hydrogen) atoms. The lowest BCUT2D eigenvalue weighted by Crippen LogP contribution is -2.37. The van der Waals surface area contributed by atoms with E-state index in [1.165, 1.54) is 6.07 Å². The van der Waals surface area contributed by atoms with Crippen molar-refractivity contribution in [2.75, 3.05) is 13.7 Å². The smallest absolute Gasteiger partial charge is 0.336 e. The van der Waals surface area contributed by atoms with Gasteiger partial charge in [0.15, 0.2) is 6.10 Å². The molecule has 1 rings (SSSR count). The van der Waals surface area contributed by atoms with Crippen LogP contribution in [0.2, 0.25) is 0 Å². The van der Waals surface area contributed by atoms with E-state index in [-0.39, 0.29) is 4.90 Å². The van der Waals surface area contributed by atoms with E-state index in [0.717, 1.165) is 7.11 Å². The van der Waals surface area contributed by atoms with Crippen LogP contribution >= 0.6 is 31.9 Å². The molecule has 0 radical (unpaired) electrons. The van der Waals surface area contributed by atoms with E-state index < -0.39 is 28.6 Å². The van der Waals surface area contributed by atoms with Crippen molar-refractivity contribution in [2.45, 2.75) is 11.0 Å². The Bertz CT molecular complexity index is 575. The highest BCUT2D eigenvalue weighted by Crippen LogP contribution is 2.25. The summed E-state index contributed by atoms with van der Waals surface area (Å²) in [5.41, 5.74) is 0. The standard InChI is InChI=1S/C10H11Br2NO5S/c1-18-10(15)8(14)5-13-19(16,17)9-4-6(11)2-3-7(9)12/h2-4,8,13-14H,5H2,1H3. The molecule has 0 amide bonds. The van der Waals surface area contributed by atoms with Crippen molar-refractivity contribution in [3.63, 3.8) is 0 Å². The van der Waals surface area contributed by atoms with Gasteiger partial charge in [-0.1, -0.05) is 15.9 Å². The number of hydrogen-bond donors (Lipinski definition) is 2. The normalized spacial score (nSPS) is 13.1. The summed E-state index contributed by atoms with van der Waals surface area (Å²) >= 11 is 6.29. The molecule has 2 N–H and O–H groups in total. The lowest BCUT2D eigenvalue weighted by atomic mass is 10.4. The van der Waals surface area contributed by atoms with Crippen molar-refractivity contribution < 1.29 is 23.1 Å². The number of nitrogens with one attached hydrogen (secondary N) is 1. The number of esters is 1. The number of aliphatic hydroxyl groups excluding tert-OH is 1. The lowest BCUT2D eigenvalue weighted by molar-refractivity contribution is -0.149. The molecule has 0 saturated carbocycles. The van der Waals surface area contributed by atoms with Crippen LogP contribution < -0.4 is 4.72 Å². The SMILES string of the molecule is COC(=O)C(O)CNS(=O)(=O)c1cc(Br)ccc1Br. The highest BCUT2D eigenvalue weighted by Gasteiger charge is 2.22. The average Bonchev–Trinajstić information content (AvgIpc) is 2.37. The summed E-state index contributed by atoms with van der Waals surface area (Å²) in [6, 6.07) is 4.64. The van der Waals surface area contributed by atoms with Crippen LogP contribution in [-0.2, 0) is 19.6 Å². The highest BCUT2D eigenvalue weighted by atomic mass is 79.9. The fourth-order valence-corrected chi connectivity index (χ4v) is 3.71. The monoisotopic (exact) mass is 415 g/mol. The van der Waals surface area contributed by atoms with Crippen LogP contribution in [0.4, 0.5) is 0 Å². The Kier molecular flexibility index (Phi) is 5.93. The molecule has 1 aromatic carbocycles. The number of hydrogen-bond acceptors (Lipinski definition) is 5. The van der Waals surface area contributed by atoms with Crippen LogP contribution in [-0.4, -0.2) is 39.3 Å². The Morgan fingerprint density at radius 1 is 1.47 bits per heavy atom. The van der Waals surface area contributed by atoms with Gasteiger partial charge in [0.1, 0.15) is 0 Å². The molecule has 0 aliphatic heterocycles. The molecule has 1 atom stereocenters. The summed E-state index contributed by atoms with van der Waals surface area (Å²) < 4.78 is 31.4. The van der Waals surface area contributed by atoms with Crippen LogP contribution in [0.25, 0.3) is 0 Å². The first kappa shape index (κ1) is 16.6. The third-order valence-electron chi connectivity index (χ3n) is 2.12. The Labute approximate surface area is 127 Å². The summed E-state index contributed by atoms with van der Waals surface area (Å²) in [7, 11) is -2.74. The van der Waals surface area contributed by atoms with Gasteiger partial charge in [0.05, 0.1) is 12.0 Å². The molecule has 0 spiro atoms. The van der Waals surface area contributed by atoms with Crippen molar-refractivity contribution in [2.24, 2.45) is 0 Å². The molecular weight excluding hydrogens is 406 g/mol. The van der Waals surface area contributed by atoms with Gasteiger partial charge in [-0.25, -0.2) is 17.9 Å². The van der Waals surface area contributed by atoms with E-state index >= 15 is 0 Å². The number of carbonyl (C=O) groups is 1. The van der Waals surface area contributed by atoms with E-state index in [0.29, 0.717) is 8.95 Å². The minimum Gasteiger partial charge on any atom is -0.467 e. The van der Waals surface area contributed by atoms with Gasteiger partial charge in [-0.15, -0.1) is 0 Å². The van der Waals surface area contributed by atoms with E-state index in [2.05, 4.69) is 41.3 Å². The third-order valence-corrected chi connectivity index (χ3v) is 5.03. The number of rotatable bonds is 5. The number of carbonyl (C=O) groups excluding carboxylic acids is 1. The van der Waals surface area contributed by atoms with Gasteiger partial charge in [-0.2, -0.15) is 0 Å². The molecule has 0 aliphatic carbocycles. The second-order valence-electron chi connectivity index (χ2n) is 3.47. The first-order valence-corrected chi connectivity index (χ1v) is 8.05. The Morgan fingerprint density at radius 3 is 2.68 bits per heavy atom. The van der Waals surface area contributed by atoms with E-state index in [1.54, 1.807) is 12.1 Å². The van der Waals surface area contributed by atoms with Crippen molar-refractivity contribution in [3.8, 4) is 0 Å². The fourth-order valence-electron chi connectivity index (χ4n) is 1.17. The molecular formula is C10H11Br2NO5S.